The monoisotopic (exact) mass is 218 g/mol. The van der Waals surface area contributed by atoms with Crippen molar-refractivity contribution >= 4 is 21.6 Å². The van der Waals surface area contributed by atoms with Gasteiger partial charge in [-0.05, 0) is 12.8 Å². The molecule has 1 saturated carbocycles. The number of aliphatic carboxylic acids is 1. The summed E-state index contributed by atoms with van der Waals surface area (Å²) in [6, 6.07) is 0. The average molecular weight is 218 g/mol. The van der Waals surface area contributed by atoms with Crippen LogP contribution in [0, 0.1) is 11.8 Å². The van der Waals surface area contributed by atoms with Gasteiger partial charge in [0.2, 0.25) is 0 Å². The minimum Gasteiger partial charge on any atom is -0.481 e. The Morgan fingerprint density at radius 3 is 2.50 bits per heavy atom. The summed E-state index contributed by atoms with van der Waals surface area (Å²) >= 11 is 0. The molecule has 1 aliphatic carbocycles. The number of carbonyl (C=O) groups excluding carboxylic acids is 1. The molecule has 0 unspecified atom stereocenters. The van der Waals surface area contributed by atoms with Gasteiger partial charge in [-0.15, -0.1) is 0 Å². The largest absolute Gasteiger partial charge is 0.481 e. The van der Waals surface area contributed by atoms with Crippen molar-refractivity contribution < 1.29 is 23.1 Å². The summed E-state index contributed by atoms with van der Waals surface area (Å²) < 4.78 is 22.8. The Morgan fingerprint density at radius 1 is 1.36 bits per heavy atom. The predicted octanol–water partition coefficient (Wildman–Crippen LogP) is -0.537. The van der Waals surface area contributed by atoms with Crippen LogP contribution in [0.15, 0.2) is 0 Å². The van der Waals surface area contributed by atoms with Crippen molar-refractivity contribution in [1.29, 1.82) is 0 Å². The number of sulfone groups is 1. The molecule has 0 aromatic heterocycles. The van der Waals surface area contributed by atoms with E-state index in [9.17, 15) is 18.0 Å². The van der Waals surface area contributed by atoms with E-state index in [4.69, 9.17) is 5.11 Å². The number of Topliss-reactive ketones (excluding diaryl/α,β-unsaturated/α-hetero) is 1. The van der Waals surface area contributed by atoms with Crippen molar-refractivity contribution in [3.63, 3.8) is 0 Å². The molecule has 6 heteroatoms. The molecule has 1 aliphatic heterocycles. The summed E-state index contributed by atoms with van der Waals surface area (Å²) in [5, 5.41) is 7.71. The topological polar surface area (TPSA) is 88.5 Å². The molecule has 14 heavy (non-hydrogen) atoms. The van der Waals surface area contributed by atoms with E-state index in [2.05, 4.69) is 0 Å². The maximum absolute atomic E-state index is 11.4. The SMILES string of the molecule is O=C(O)[C@H]1C[C@H]2CS(=O)(=O)[C@@H](C1)C2=O. The van der Waals surface area contributed by atoms with Crippen LogP contribution in [-0.2, 0) is 19.4 Å². The number of rotatable bonds is 1. The normalized spacial score (nSPS) is 39.7. The average Bonchev–Trinajstić information content (AvgIpc) is 2.22. The molecule has 78 valence electrons. The summed E-state index contributed by atoms with van der Waals surface area (Å²) in [6.45, 7) is 0. The molecule has 2 bridgehead atoms. The molecule has 2 aliphatic rings. The highest BCUT2D eigenvalue weighted by Gasteiger charge is 2.52. The molecule has 0 spiro atoms. The van der Waals surface area contributed by atoms with Gasteiger partial charge in [0.05, 0.1) is 11.7 Å². The molecule has 3 atom stereocenters. The molecular weight excluding hydrogens is 208 g/mol. The summed E-state index contributed by atoms with van der Waals surface area (Å²) in [7, 11) is -3.35. The summed E-state index contributed by atoms with van der Waals surface area (Å²) in [4.78, 5) is 22.1. The van der Waals surface area contributed by atoms with Crippen LogP contribution < -0.4 is 0 Å². The number of carboxylic acid groups (broad SMARTS) is 1. The van der Waals surface area contributed by atoms with E-state index < -0.39 is 32.9 Å². The van der Waals surface area contributed by atoms with Gasteiger partial charge >= 0.3 is 5.97 Å². The van der Waals surface area contributed by atoms with Gasteiger partial charge in [0.1, 0.15) is 5.25 Å². The van der Waals surface area contributed by atoms with Gasteiger partial charge in [-0.3, -0.25) is 9.59 Å². The number of hydrogen-bond acceptors (Lipinski definition) is 4. The molecular formula is C8H10O5S. The van der Waals surface area contributed by atoms with Crippen molar-refractivity contribution in [3.05, 3.63) is 0 Å². The van der Waals surface area contributed by atoms with Gasteiger partial charge in [0, 0.05) is 5.92 Å². The van der Waals surface area contributed by atoms with E-state index in [1.807, 2.05) is 0 Å². The fraction of sp³-hybridized carbons (Fsp3) is 0.750. The van der Waals surface area contributed by atoms with Crippen molar-refractivity contribution in [2.75, 3.05) is 5.75 Å². The van der Waals surface area contributed by atoms with E-state index in [1.165, 1.54) is 0 Å². The third-order valence-corrected chi connectivity index (χ3v) is 5.16. The molecule has 2 fully saturated rings. The Balaban J connectivity index is 2.33. The van der Waals surface area contributed by atoms with Crippen molar-refractivity contribution in [2.45, 2.75) is 18.1 Å². The number of ketones is 1. The molecule has 2 rings (SSSR count). The quantitative estimate of drug-likeness (QED) is 0.638. The van der Waals surface area contributed by atoms with Crippen LogP contribution in [0.5, 0.6) is 0 Å². The number of hydrogen-bond donors (Lipinski definition) is 1. The molecule has 0 amide bonds. The van der Waals surface area contributed by atoms with Crippen molar-refractivity contribution in [2.24, 2.45) is 11.8 Å². The Kier molecular flexibility index (Phi) is 1.92. The Morgan fingerprint density at radius 2 is 2.00 bits per heavy atom. The minimum absolute atomic E-state index is 0.0347. The molecule has 1 N–H and O–H groups in total. The highest BCUT2D eigenvalue weighted by atomic mass is 32.2. The standard InChI is InChI=1S/C8H10O5S/c9-7-5-1-4(8(10)11)2-6(7)14(12,13)3-5/h4-6H,1-3H2,(H,10,11)/t4-,5-,6-/m0/s1. The lowest BCUT2D eigenvalue weighted by atomic mass is 9.81. The lowest BCUT2D eigenvalue weighted by Crippen LogP contribution is -2.35. The van der Waals surface area contributed by atoms with Crippen LogP contribution in [0.25, 0.3) is 0 Å². The maximum Gasteiger partial charge on any atom is 0.306 e. The van der Waals surface area contributed by atoms with Gasteiger partial charge in [-0.25, -0.2) is 8.42 Å². The maximum atomic E-state index is 11.4. The minimum atomic E-state index is -3.35. The second-order valence-corrected chi connectivity index (χ2v) is 6.15. The Bertz CT molecular complexity index is 396. The van der Waals surface area contributed by atoms with Crippen LogP contribution in [-0.4, -0.2) is 36.3 Å². The summed E-state index contributed by atoms with van der Waals surface area (Å²) in [5.41, 5.74) is 0. The molecule has 5 nitrogen and oxygen atoms in total. The van der Waals surface area contributed by atoms with Crippen LogP contribution in [0.4, 0.5) is 0 Å². The van der Waals surface area contributed by atoms with Crippen molar-refractivity contribution in [1.82, 2.24) is 0 Å². The highest BCUT2D eigenvalue weighted by molar-refractivity contribution is 7.93. The van der Waals surface area contributed by atoms with Gasteiger partial charge < -0.3 is 5.11 Å². The molecule has 0 radical (unpaired) electrons. The van der Waals surface area contributed by atoms with E-state index in [-0.39, 0.29) is 24.4 Å². The van der Waals surface area contributed by atoms with E-state index in [1.54, 1.807) is 0 Å². The van der Waals surface area contributed by atoms with Gasteiger partial charge in [-0.1, -0.05) is 0 Å². The Hall–Kier alpha value is -0.910. The van der Waals surface area contributed by atoms with E-state index in [0.717, 1.165) is 0 Å². The number of fused-ring (bicyclic) bond motifs is 2. The first-order valence-corrected chi connectivity index (χ1v) is 6.11. The Labute approximate surface area is 81.0 Å². The zero-order valence-electron chi connectivity index (χ0n) is 7.34. The molecule has 0 aromatic rings. The second-order valence-electron chi connectivity index (χ2n) is 3.92. The van der Waals surface area contributed by atoms with Gasteiger partial charge in [-0.2, -0.15) is 0 Å². The zero-order chi connectivity index (χ0) is 10.5. The van der Waals surface area contributed by atoms with E-state index in [0.29, 0.717) is 0 Å². The van der Waals surface area contributed by atoms with Crippen molar-refractivity contribution in [3.8, 4) is 0 Å². The summed E-state index contributed by atoms with van der Waals surface area (Å²) in [5.74, 6) is -2.66. The third kappa shape index (κ3) is 1.25. The van der Waals surface area contributed by atoms with Gasteiger partial charge in [0.15, 0.2) is 15.6 Å². The number of carbonyl (C=O) groups is 2. The summed E-state index contributed by atoms with van der Waals surface area (Å²) in [6.07, 6.45) is 0.150. The first kappa shape index (κ1) is 9.64. The lowest BCUT2D eigenvalue weighted by Gasteiger charge is -2.21. The van der Waals surface area contributed by atoms with Crippen LogP contribution in [0.2, 0.25) is 0 Å². The second kappa shape index (κ2) is 2.79. The number of carboxylic acids is 1. The van der Waals surface area contributed by atoms with E-state index >= 15 is 0 Å². The predicted molar refractivity (Wildman–Crippen MR) is 46.4 cm³/mol. The molecule has 1 saturated heterocycles. The first-order chi connectivity index (χ1) is 6.42. The highest BCUT2D eigenvalue weighted by Crippen LogP contribution is 2.38. The first-order valence-electron chi connectivity index (χ1n) is 4.40. The van der Waals surface area contributed by atoms with Gasteiger partial charge in [0.25, 0.3) is 0 Å². The smallest absolute Gasteiger partial charge is 0.306 e. The van der Waals surface area contributed by atoms with Crippen LogP contribution in [0.1, 0.15) is 12.8 Å². The third-order valence-electron chi connectivity index (χ3n) is 3.00. The fourth-order valence-corrected chi connectivity index (χ4v) is 4.43. The molecule has 0 aromatic carbocycles. The zero-order valence-corrected chi connectivity index (χ0v) is 8.16. The molecule has 1 heterocycles. The van der Waals surface area contributed by atoms with Crippen LogP contribution in [0.3, 0.4) is 0 Å². The fourth-order valence-electron chi connectivity index (χ4n) is 2.27. The lowest BCUT2D eigenvalue weighted by molar-refractivity contribution is -0.144. The van der Waals surface area contributed by atoms with Crippen LogP contribution >= 0.6 is 0 Å².